The SMILES string of the molecule is Cc1cn([C@@H]2O[C@H](CO)CC2NCc2ccccc2)c(=O)[nH]c1=O. The predicted octanol–water partition coefficient (Wildman–Crippen LogP) is 0.283. The molecule has 0 aliphatic carbocycles. The van der Waals surface area contributed by atoms with Crippen molar-refractivity contribution in [3.05, 3.63) is 68.5 Å². The van der Waals surface area contributed by atoms with Gasteiger partial charge in [0, 0.05) is 18.3 Å². The van der Waals surface area contributed by atoms with Crippen LogP contribution in [-0.2, 0) is 11.3 Å². The summed E-state index contributed by atoms with van der Waals surface area (Å²) in [7, 11) is 0. The maximum Gasteiger partial charge on any atom is 0.330 e. The third kappa shape index (κ3) is 3.48. The minimum Gasteiger partial charge on any atom is -0.394 e. The number of nitrogens with zero attached hydrogens (tertiary/aromatic N) is 1. The largest absolute Gasteiger partial charge is 0.394 e. The summed E-state index contributed by atoms with van der Waals surface area (Å²) < 4.78 is 7.19. The Labute approximate surface area is 138 Å². The van der Waals surface area contributed by atoms with E-state index >= 15 is 0 Å². The van der Waals surface area contributed by atoms with Crippen molar-refractivity contribution in [3.63, 3.8) is 0 Å². The molecule has 1 unspecified atom stereocenters. The number of benzene rings is 1. The van der Waals surface area contributed by atoms with Gasteiger partial charge in [-0.3, -0.25) is 14.3 Å². The lowest BCUT2D eigenvalue weighted by Crippen LogP contribution is -2.41. The zero-order valence-corrected chi connectivity index (χ0v) is 13.4. The molecule has 1 aliphatic heterocycles. The molecule has 0 bridgehead atoms. The molecule has 24 heavy (non-hydrogen) atoms. The molecule has 1 aromatic heterocycles. The first-order valence-electron chi connectivity index (χ1n) is 7.94. The minimum absolute atomic E-state index is 0.114. The van der Waals surface area contributed by atoms with Gasteiger partial charge in [-0.25, -0.2) is 4.79 Å². The Morgan fingerprint density at radius 2 is 2.08 bits per heavy atom. The molecule has 7 nitrogen and oxygen atoms in total. The van der Waals surface area contributed by atoms with Crippen molar-refractivity contribution in [1.29, 1.82) is 0 Å². The molecular weight excluding hydrogens is 310 g/mol. The predicted molar refractivity (Wildman–Crippen MR) is 88.7 cm³/mol. The van der Waals surface area contributed by atoms with Crippen LogP contribution >= 0.6 is 0 Å². The van der Waals surface area contributed by atoms with Crippen LogP contribution in [0.15, 0.2) is 46.1 Å². The molecule has 2 heterocycles. The Balaban J connectivity index is 1.83. The average Bonchev–Trinajstić information content (AvgIpc) is 3.00. The van der Waals surface area contributed by atoms with E-state index in [0.717, 1.165) is 5.56 Å². The molecular formula is C17H21N3O4. The number of nitrogens with one attached hydrogen (secondary N) is 2. The molecule has 2 aromatic rings. The quantitative estimate of drug-likeness (QED) is 0.731. The lowest BCUT2D eigenvalue weighted by atomic mass is 10.1. The van der Waals surface area contributed by atoms with Crippen molar-refractivity contribution < 1.29 is 9.84 Å². The summed E-state index contributed by atoms with van der Waals surface area (Å²) in [5, 5.41) is 12.8. The Morgan fingerprint density at radius 3 is 2.79 bits per heavy atom. The van der Waals surface area contributed by atoms with E-state index in [0.29, 0.717) is 18.5 Å². The number of hydrogen-bond donors (Lipinski definition) is 3. The summed E-state index contributed by atoms with van der Waals surface area (Å²) in [5.74, 6) is 0. The maximum atomic E-state index is 12.1. The van der Waals surface area contributed by atoms with Crippen molar-refractivity contribution in [1.82, 2.24) is 14.9 Å². The highest BCUT2D eigenvalue weighted by Crippen LogP contribution is 2.28. The first-order valence-corrected chi connectivity index (χ1v) is 7.94. The molecule has 1 fully saturated rings. The molecule has 0 spiro atoms. The summed E-state index contributed by atoms with van der Waals surface area (Å²) in [5.41, 5.74) is 0.642. The van der Waals surface area contributed by atoms with E-state index in [1.165, 1.54) is 10.8 Å². The van der Waals surface area contributed by atoms with E-state index < -0.39 is 17.5 Å². The molecule has 128 valence electrons. The second-order valence-electron chi connectivity index (χ2n) is 6.02. The topological polar surface area (TPSA) is 96.3 Å². The number of aromatic amines is 1. The number of hydrogen-bond acceptors (Lipinski definition) is 5. The van der Waals surface area contributed by atoms with Gasteiger partial charge in [0.25, 0.3) is 5.56 Å². The number of aliphatic hydroxyl groups is 1. The van der Waals surface area contributed by atoms with Crippen LogP contribution in [0.25, 0.3) is 0 Å². The van der Waals surface area contributed by atoms with E-state index in [2.05, 4.69) is 10.3 Å². The standard InChI is InChI=1S/C17H21N3O4/c1-11-9-20(17(23)19-15(11)22)16-14(7-13(10-21)24-16)18-8-12-5-3-2-4-6-12/h2-6,9,13-14,16,18,21H,7-8,10H2,1H3,(H,19,22,23)/t13-,14?,16+/m0/s1. The zero-order valence-electron chi connectivity index (χ0n) is 13.4. The molecule has 1 aliphatic rings. The van der Waals surface area contributed by atoms with E-state index in [-0.39, 0.29) is 18.8 Å². The van der Waals surface area contributed by atoms with E-state index in [1.807, 2.05) is 30.3 Å². The highest BCUT2D eigenvalue weighted by Gasteiger charge is 2.36. The van der Waals surface area contributed by atoms with Gasteiger partial charge in [-0.1, -0.05) is 30.3 Å². The van der Waals surface area contributed by atoms with Gasteiger partial charge in [0.05, 0.1) is 18.8 Å². The van der Waals surface area contributed by atoms with Crippen LogP contribution in [0.5, 0.6) is 0 Å². The first kappa shape index (κ1) is 16.6. The molecule has 0 amide bonds. The Bertz CT molecular complexity index is 799. The van der Waals surface area contributed by atoms with Crippen LogP contribution in [0.1, 0.15) is 23.8 Å². The normalized spacial score (nSPS) is 23.5. The number of rotatable bonds is 5. The molecule has 0 radical (unpaired) electrons. The summed E-state index contributed by atoms with van der Waals surface area (Å²) in [6.45, 7) is 2.15. The van der Waals surface area contributed by atoms with Gasteiger partial charge in [0.2, 0.25) is 0 Å². The van der Waals surface area contributed by atoms with Gasteiger partial charge in [-0.05, 0) is 18.9 Å². The Morgan fingerprint density at radius 1 is 1.33 bits per heavy atom. The first-order chi connectivity index (χ1) is 11.6. The van der Waals surface area contributed by atoms with Crippen LogP contribution in [0.2, 0.25) is 0 Å². The van der Waals surface area contributed by atoms with Crippen LogP contribution in [0.3, 0.4) is 0 Å². The van der Waals surface area contributed by atoms with E-state index in [9.17, 15) is 14.7 Å². The fourth-order valence-corrected chi connectivity index (χ4v) is 2.93. The molecule has 3 rings (SSSR count). The molecule has 0 saturated carbocycles. The van der Waals surface area contributed by atoms with Crippen LogP contribution in [-0.4, -0.2) is 33.4 Å². The number of aliphatic hydroxyl groups excluding tert-OH is 1. The summed E-state index contributed by atoms with van der Waals surface area (Å²) in [6, 6.07) is 9.76. The number of aryl methyl sites for hydroxylation is 1. The number of H-pyrrole nitrogens is 1. The Kier molecular flexibility index (Phi) is 4.94. The van der Waals surface area contributed by atoms with Crippen molar-refractivity contribution in [2.75, 3.05) is 6.61 Å². The number of aromatic nitrogens is 2. The highest BCUT2D eigenvalue weighted by atomic mass is 16.5. The summed E-state index contributed by atoms with van der Waals surface area (Å²) in [6.07, 6.45) is 1.16. The van der Waals surface area contributed by atoms with Crippen molar-refractivity contribution >= 4 is 0 Å². The molecule has 7 heteroatoms. The fraction of sp³-hybridized carbons (Fsp3) is 0.412. The van der Waals surface area contributed by atoms with Gasteiger partial charge >= 0.3 is 5.69 Å². The van der Waals surface area contributed by atoms with Gasteiger partial charge in [-0.15, -0.1) is 0 Å². The zero-order chi connectivity index (χ0) is 17.1. The maximum absolute atomic E-state index is 12.1. The van der Waals surface area contributed by atoms with Crippen LogP contribution in [0, 0.1) is 6.92 Å². The lowest BCUT2D eigenvalue weighted by Gasteiger charge is -2.22. The van der Waals surface area contributed by atoms with Gasteiger partial charge < -0.3 is 15.2 Å². The second-order valence-corrected chi connectivity index (χ2v) is 6.02. The number of ether oxygens (including phenoxy) is 1. The fourth-order valence-electron chi connectivity index (χ4n) is 2.93. The molecule has 3 N–H and O–H groups in total. The van der Waals surface area contributed by atoms with Gasteiger partial charge in [-0.2, -0.15) is 0 Å². The van der Waals surface area contributed by atoms with Crippen LogP contribution in [0.4, 0.5) is 0 Å². The molecule has 3 atom stereocenters. The Hall–Kier alpha value is -2.22. The van der Waals surface area contributed by atoms with Crippen molar-refractivity contribution in [2.45, 2.75) is 38.3 Å². The van der Waals surface area contributed by atoms with Crippen molar-refractivity contribution in [3.8, 4) is 0 Å². The van der Waals surface area contributed by atoms with Gasteiger partial charge in [0.15, 0.2) is 6.23 Å². The third-order valence-corrected chi connectivity index (χ3v) is 4.23. The average molecular weight is 331 g/mol. The summed E-state index contributed by atoms with van der Waals surface area (Å²) >= 11 is 0. The molecule has 1 saturated heterocycles. The smallest absolute Gasteiger partial charge is 0.330 e. The second kappa shape index (κ2) is 7.12. The van der Waals surface area contributed by atoms with Crippen LogP contribution < -0.4 is 16.6 Å². The monoisotopic (exact) mass is 331 g/mol. The van der Waals surface area contributed by atoms with Gasteiger partial charge in [0.1, 0.15) is 0 Å². The highest BCUT2D eigenvalue weighted by molar-refractivity contribution is 5.14. The lowest BCUT2D eigenvalue weighted by molar-refractivity contribution is -0.0307. The van der Waals surface area contributed by atoms with E-state index in [4.69, 9.17) is 4.74 Å². The minimum atomic E-state index is -0.575. The third-order valence-electron chi connectivity index (χ3n) is 4.23. The summed E-state index contributed by atoms with van der Waals surface area (Å²) in [4.78, 5) is 26.0. The molecule has 1 aromatic carbocycles. The van der Waals surface area contributed by atoms with Crippen molar-refractivity contribution in [2.24, 2.45) is 0 Å². The van der Waals surface area contributed by atoms with E-state index in [1.54, 1.807) is 6.92 Å².